The number of aryl methyl sites for hydroxylation is 1. The van der Waals surface area contributed by atoms with Gasteiger partial charge in [-0.25, -0.2) is 4.68 Å². The molecule has 0 radical (unpaired) electrons. The third kappa shape index (κ3) is 4.26. The monoisotopic (exact) mass is 365 g/mol. The molecular weight excluding hydrogens is 351 g/mol. The van der Waals surface area contributed by atoms with Crippen molar-refractivity contribution < 1.29 is 22.7 Å². The molecule has 0 saturated carbocycles. The van der Waals surface area contributed by atoms with Gasteiger partial charge in [0, 0.05) is 13.5 Å². The molecule has 1 N–H and O–H groups in total. The van der Waals surface area contributed by atoms with E-state index in [2.05, 4.69) is 15.5 Å². The van der Waals surface area contributed by atoms with E-state index in [-0.39, 0.29) is 31.3 Å². The minimum atomic E-state index is -4.63. The molecule has 0 bridgehead atoms. The Balaban J connectivity index is 1.96. The molecule has 24 heavy (non-hydrogen) atoms. The number of aromatic nitrogens is 4. The van der Waals surface area contributed by atoms with E-state index in [0.29, 0.717) is 5.69 Å². The third-order valence-electron chi connectivity index (χ3n) is 3.13. The average molecular weight is 366 g/mol. The number of nitrogens with zero attached hydrogens (tertiary/aromatic N) is 4. The van der Waals surface area contributed by atoms with Crippen LogP contribution in [0.4, 0.5) is 18.9 Å². The molecule has 0 aliphatic carbocycles. The van der Waals surface area contributed by atoms with Gasteiger partial charge >= 0.3 is 6.18 Å². The fourth-order valence-corrected chi connectivity index (χ4v) is 2.23. The second-order valence-corrected chi connectivity index (χ2v) is 5.33. The van der Waals surface area contributed by atoms with E-state index >= 15 is 0 Å². The van der Waals surface area contributed by atoms with Crippen molar-refractivity contribution in [2.24, 2.45) is 0 Å². The standard InChI is InChI=1S/C13H15ClF3N5O2/c1-8-11(14)12(13(15,16)17)20-22(8)4-3-10(23)19-9-5-18-21(6-9)7-24-2/h5-6H,3-4,7H2,1-2H3,(H,19,23). The van der Waals surface area contributed by atoms with Crippen molar-refractivity contribution in [2.75, 3.05) is 12.4 Å². The molecule has 2 heterocycles. The Morgan fingerprint density at radius 1 is 1.46 bits per heavy atom. The van der Waals surface area contributed by atoms with E-state index in [4.69, 9.17) is 16.3 Å². The molecule has 0 saturated heterocycles. The summed E-state index contributed by atoms with van der Waals surface area (Å²) in [7, 11) is 1.51. The molecule has 0 unspecified atom stereocenters. The van der Waals surface area contributed by atoms with Gasteiger partial charge in [-0.3, -0.25) is 9.48 Å². The van der Waals surface area contributed by atoms with Gasteiger partial charge in [0.2, 0.25) is 5.91 Å². The van der Waals surface area contributed by atoms with Gasteiger partial charge in [-0.1, -0.05) is 11.6 Å². The van der Waals surface area contributed by atoms with Gasteiger partial charge < -0.3 is 10.1 Å². The minimum Gasteiger partial charge on any atom is -0.362 e. The lowest BCUT2D eigenvalue weighted by Gasteiger charge is -2.05. The van der Waals surface area contributed by atoms with Crippen molar-refractivity contribution in [3.63, 3.8) is 0 Å². The predicted molar refractivity (Wildman–Crippen MR) is 79.5 cm³/mol. The zero-order valence-corrected chi connectivity index (χ0v) is 13.6. The highest BCUT2D eigenvalue weighted by Gasteiger charge is 2.38. The normalized spacial score (nSPS) is 11.8. The maximum Gasteiger partial charge on any atom is 0.436 e. The number of alkyl halides is 3. The van der Waals surface area contributed by atoms with Crippen LogP contribution >= 0.6 is 11.6 Å². The molecule has 0 aliphatic rings. The summed E-state index contributed by atoms with van der Waals surface area (Å²) in [5, 5.41) is 9.52. The molecule has 2 aromatic heterocycles. The van der Waals surface area contributed by atoms with Crippen molar-refractivity contribution in [2.45, 2.75) is 32.8 Å². The van der Waals surface area contributed by atoms with Crippen molar-refractivity contribution in [3.05, 3.63) is 28.8 Å². The number of methoxy groups -OCH3 is 1. The molecule has 7 nitrogen and oxygen atoms in total. The Bertz CT molecular complexity index is 726. The number of anilines is 1. The second-order valence-electron chi connectivity index (χ2n) is 4.95. The van der Waals surface area contributed by atoms with Crippen LogP contribution in [0.1, 0.15) is 17.8 Å². The Kier molecular flexibility index (Phi) is 5.50. The molecule has 0 atom stereocenters. The number of carbonyl (C=O) groups excluding carboxylic acids is 1. The molecule has 0 aliphatic heterocycles. The highest BCUT2D eigenvalue weighted by Crippen LogP contribution is 2.35. The first-order chi connectivity index (χ1) is 11.2. The SMILES string of the molecule is COCn1cc(NC(=O)CCn2nc(C(F)(F)F)c(Cl)c2C)cn1. The molecule has 2 aromatic rings. The van der Waals surface area contributed by atoms with Crippen LogP contribution in [-0.4, -0.2) is 32.6 Å². The summed E-state index contributed by atoms with van der Waals surface area (Å²) in [6, 6.07) is 0. The molecule has 1 amide bonds. The number of amides is 1. The van der Waals surface area contributed by atoms with Crippen LogP contribution in [0.5, 0.6) is 0 Å². The van der Waals surface area contributed by atoms with Gasteiger partial charge in [0.1, 0.15) is 6.73 Å². The highest BCUT2D eigenvalue weighted by molar-refractivity contribution is 6.31. The zero-order valence-electron chi connectivity index (χ0n) is 12.9. The van der Waals surface area contributed by atoms with Crippen LogP contribution in [-0.2, 0) is 29.0 Å². The largest absolute Gasteiger partial charge is 0.436 e. The summed E-state index contributed by atoms with van der Waals surface area (Å²) >= 11 is 5.65. The fraction of sp³-hybridized carbons (Fsp3) is 0.462. The van der Waals surface area contributed by atoms with Gasteiger partial charge in [0.15, 0.2) is 5.69 Å². The number of nitrogens with one attached hydrogen (secondary N) is 1. The molecular formula is C13H15ClF3N5O2. The summed E-state index contributed by atoms with van der Waals surface area (Å²) in [5.74, 6) is -0.383. The minimum absolute atomic E-state index is 0.0281. The first-order valence-electron chi connectivity index (χ1n) is 6.83. The van der Waals surface area contributed by atoms with E-state index in [9.17, 15) is 18.0 Å². The third-order valence-corrected chi connectivity index (χ3v) is 3.58. The summed E-state index contributed by atoms with van der Waals surface area (Å²) in [5.41, 5.74) is -0.532. The van der Waals surface area contributed by atoms with Gasteiger partial charge in [0.05, 0.1) is 35.3 Å². The van der Waals surface area contributed by atoms with Crippen LogP contribution in [0, 0.1) is 6.92 Å². The van der Waals surface area contributed by atoms with E-state index in [0.717, 1.165) is 4.68 Å². The Morgan fingerprint density at radius 3 is 2.75 bits per heavy atom. The van der Waals surface area contributed by atoms with Crippen molar-refractivity contribution in [1.82, 2.24) is 19.6 Å². The van der Waals surface area contributed by atoms with Gasteiger partial charge in [-0.2, -0.15) is 23.4 Å². The number of hydrogen-bond donors (Lipinski definition) is 1. The van der Waals surface area contributed by atoms with Crippen LogP contribution in [0.15, 0.2) is 12.4 Å². The summed E-state index contributed by atoms with van der Waals surface area (Å²) in [4.78, 5) is 11.9. The highest BCUT2D eigenvalue weighted by atomic mass is 35.5. The fourth-order valence-electron chi connectivity index (χ4n) is 1.99. The Morgan fingerprint density at radius 2 is 2.17 bits per heavy atom. The maximum absolute atomic E-state index is 12.7. The zero-order chi connectivity index (χ0) is 17.9. The van der Waals surface area contributed by atoms with Crippen LogP contribution in [0.3, 0.4) is 0 Å². The Labute approximate surface area is 140 Å². The summed E-state index contributed by atoms with van der Waals surface area (Å²) in [6.07, 6.45) is -1.69. The van der Waals surface area contributed by atoms with Crippen LogP contribution in [0.2, 0.25) is 5.02 Å². The smallest absolute Gasteiger partial charge is 0.362 e. The van der Waals surface area contributed by atoms with Crippen molar-refractivity contribution >= 4 is 23.2 Å². The quantitative estimate of drug-likeness (QED) is 0.854. The molecule has 0 spiro atoms. The molecule has 0 fully saturated rings. The molecule has 0 aromatic carbocycles. The number of rotatable bonds is 6. The lowest BCUT2D eigenvalue weighted by Crippen LogP contribution is -2.16. The number of halogens is 4. The van der Waals surface area contributed by atoms with E-state index in [1.807, 2.05) is 0 Å². The first kappa shape index (κ1) is 18.3. The summed E-state index contributed by atoms with van der Waals surface area (Å²) < 4.78 is 45.6. The first-order valence-corrected chi connectivity index (χ1v) is 7.21. The molecule has 132 valence electrons. The number of hydrogen-bond acceptors (Lipinski definition) is 4. The predicted octanol–water partition coefficient (Wildman–Crippen LogP) is 2.69. The van der Waals surface area contributed by atoms with Crippen LogP contribution in [0.25, 0.3) is 0 Å². The van der Waals surface area contributed by atoms with Gasteiger partial charge in [-0.15, -0.1) is 0 Å². The van der Waals surface area contributed by atoms with Gasteiger partial charge in [-0.05, 0) is 6.92 Å². The lowest BCUT2D eigenvalue weighted by molar-refractivity contribution is -0.141. The molecule has 2 rings (SSSR count). The van der Waals surface area contributed by atoms with E-state index in [1.165, 1.54) is 24.9 Å². The van der Waals surface area contributed by atoms with Crippen molar-refractivity contribution in [3.8, 4) is 0 Å². The summed E-state index contributed by atoms with van der Waals surface area (Å²) in [6.45, 7) is 1.62. The van der Waals surface area contributed by atoms with Crippen molar-refractivity contribution in [1.29, 1.82) is 0 Å². The molecule has 11 heteroatoms. The lowest BCUT2D eigenvalue weighted by atomic mass is 10.3. The van der Waals surface area contributed by atoms with Crippen LogP contribution < -0.4 is 5.32 Å². The topological polar surface area (TPSA) is 74.0 Å². The second kappa shape index (κ2) is 7.22. The maximum atomic E-state index is 12.7. The number of ether oxygens (including phenoxy) is 1. The van der Waals surface area contributed by atoms with E-state index in [1.54, 1.807) is 6.20 Å². The van der Waals surface area contributed by atoms with E-state index < -0.39 is 16.9 Å². The Hall–Kier alpha value is -2.07. The average Bonchev–Trinajstić information content (AvgIpc) is 3.03. The van der Waals surface area contributed by atoms with Gasteiger partial charge in [0.25, 0.3) is 0 Å². The number of carbonyl (C=O) groups is 1.